The van der Waals surface area contributed by atoms with Crippen molar-refractivity contribution in [3.8, 4) is 5.75 Å². The van der Waals surface area contributed by atoms with Crippen LogP contribution in [0.2, 0.25) is 0 Å². The molecule has 1 unspecified atom stereocenters. The van der Waals surface area contributed by atoms with E-state index < -0.39 is 0 Å². The summed E-state index contributed by atoms with van der Waals surface area (Å²) in [6.45, 7) is 4.40. The monoisotopic (exact) mass is 267 g/mol. The van der Waals surface area contributed by atoms with E-state index in [-0.39, 0.29) is 0 Å². The van der Waals surface area contributed by atoms with Crippen molar-refractivity contribution in [2.75, 3.05) is 32.1 Å². The second-order valence-corrected chi connectivity index (χ2v) is 5.33. The minimum Gasteiger partial charge on any atom is -0.494 e. The Bertz CT molecular complexity index is 331. The number of ether oxygens (including phenoxy) is 1. The van der Waals surface area contributed by atoms with Crippen molar-refractivity contribution in [1.29, 1.82) is 0 Å². The van der Waals surface area contributed by atoms with E-state index in [1.54, 1.807) is 0 Å². The van der Waals surface area contributed by atoms with Gasteiger partial charge in [0.15, 0.2) is 0 Å². The van der Waals surface area contributed by atoms with E-state index in [2.05, 4.69) is 4.90 Å². The fourth-order valence-electron chi connectivity index (χ4n) is 2.50. The number of rotatable bonds is 7. The molecule has 0 saturated carbocycles. The first-order chi connectivity index (χ1) is 8.88. The number of alkyl halides is 1. The molecule has 1 heterocycles. The minimum absolute atomic E-state index is 0.801. The molecule has 0 aromatic heterocycles. The van der Waals surface area contributed by atoms with E-state index >= 15 is 0 Å². The van der Waals surface area contributed by atoms with Crippen LogP contribution < -0.4 is 4.74 Å². The summed E-state index contributed by atoms with van der Waals surface area (Å²) < 4.78 is 5.69. The molecule has 100 valence electrons. The third kappa shape index (κ3) is 4.51. The second-order valence-electron chi connectivity index (χ2n) is 4.95. The van der Waals surface area contributed by atoms with Crippen LogP contribution in [0.15, 0.2) is 30.3 Å². The highest BCUT2D eigenvalue weighted by Gasteiger charge is 2.20. The number of likely N-dealkylation sites (tertiary alicyclic amines) is 1. The van der Waals surface area contributed by atoms with E-state index in [1.807, 2.05) is 30.3 Å². The minimum atomic E-state index is 0.801. The van der Waals surface area contributed by atoms with Gasteiger partial charge in [-0.05, 0) is 43.9 Å². The molecule has 0 spiro atoms. The van der Waals surface area contributed by atoms with Gasteiger partial charge < -0.3 is 9.64 Å². The van der Waals surface area contributed by atoms with E-state index in [1.165, 1.54) is 25.9 Å². The van der Waals surface area contributed by atoms with Crippen LogP contribution in [-0.4, -0.2) is 37.0 Å². The van der Waals surface area contributed by atoms with Crippen molar-refractivity contribution in [2.45, 2.75) is 19.3 Å². The predicted octanol–water partition coefficient (Wildman–Crippen LogP) is 3.41. The lowest BCUT2D eigenvalue weighted by Gasteiger charge is -2.15. The Balaban J connectivity index is 1.56. The summed E-state index contributed by atoms with van der Waals surface area (Å²) in [6.07, 6.45) is 3.58. The second kappa shape index (κ2) is 7.65. The average Bonchev–Trinajstić information content (AvgIpc) is 2.84. The predicted molar refractivity (Wildman–Crippen MR) is 76.4 cm³/mol. The van der Waals surface area contributed by atoms with Gasteiger partial charge in [0.2, 0.25) is 0 Å². The quantitative estimate of drug-likeness (QED) is 0.555. The molecule has 1 aliphatic heterocycles. The Morgan fingerprint density at radius 1 is 1.28 bits per heavy atom. The van der Waals surface area contributed by atoms with Crippen LogP contribution in [0.3, 0.4) is 0 Å². The van der Waals surface area contributed by atoms with Gasteiger partial charge in [-0.15, -0.1) is 11.6 Å². The summed E-state index contributed by atoms with van der Waals surface area (Å²) in [7, 11) is 0. The lowest BCUT2D eigenvalue weighted by Crippen LogP contribution is -2.23. The van der Waals surface area contributed by atoms with Gasteiger partial charge in [-0.3, -0.25) is 0 Å². The first kappa shape index (κ1) is 13.7. The first-order valence-electron chi connectivity index (χ1n) is 6.84. The molecule has 0 amide bonds. The molecule has 3 heteroatoms. The Labute approximate surface area is 115 Å². The zero-order valence-corrected chi connectivity index (χ0v) is 11.6. The van der Waals surface area contributed by atoms with Crippen LogP contribution in [0.4, 0.5) is 0 Å². The topological polar surface area (TPSA) is 12.5 Å². The molecule has 2 nitrogen and oxygen atoms in total. The van der Waals surface area contributed by atoms with Crippen LogP contribution in [0.1, 0.15) is 19.3 Å². The van der Waals surface area contributed by atoms with Gasteiger partial charge in [0.1, 0.15) is 5.75 Å². The maximum Gasteiger partial charge on any atom is 0.119 e. The molecule has 18 heavy (non-hydrogen) atoms. The summed E-state index contributed by atoms with van der Waals surface area (Å²) in [5.41, 5.74) is 0. The number of nitrogens with zero attached hydrogens (tertiary/aromatic N) is 1. The standard InChI is InChI=1S/C15H22ClNO/c16-9-7-14-8-11-17(13-14)10-4-12-18-15-5-2-1-3-6-15/h1-3,5-6,14H,4,7-13H2. The lowest BCUT2D eigenvalue weighted by atomic mass is 10.1. The Morgan fingerprint density at radius 3 is 2.89 bits per heavy atom. The van der Waals surface area contributed by atoms with Gasteiger partial charge >= 0.3 is 0 Å². The summed E-state index contributed by atoms with van der Waals surface area (Å²) in [4.78, 5) is 2.53. The molecule has 0 radical (unpaired) electrons. The normalized spacial score (nSPS) is 20.2. The molecule has 1 aromatic carbocycles. The smallest absolute Gasteiger partial charge is 0.119 e. The lowest BCUT2D eigenvalue weighted by molar-refractivity contribution is 0.258. The molecule has 0 N–H and O–H groups in total. The van der Waals surface area contributed by atoms with E-state index in [4.69, 9.17) is 16.3 Å². The highest BCUT2D eigenvalue weighted by atomic mass is 35.5. The first-order valence-corrected chi connectivity index (χ1v) is 7.38. The summed E-state index contributed by atoms with van der Waals surface area (Å²) in [5.74, 6) is 2.59. The highest BCUT2D eigenvalue weighted by molar-refractivity contribution is 6.17. The number of hydrogen-bond acceptors (Lipinski definition) is 2. The SMILES string of the molecule is ClCCC1CCN(CCCOc2ccccc2)C1. The van der Waals surface area contributed by atoms with Gasteiger partial charge in [-0.2, -0.15) is 0 Å². The number of benzene rings is 1. The molecule has 1 saturated heterocycles. The molecule has 1 aromatic rings. The van der Waals surface area contributed by atoms with Gasteiger partial charge in [0.25, 0.3) is 0 Å². The molecule has 0 aliphatic carbocycles. The molecule has 1 atom stereocenters. The van der Waals surface area contributed by atoms with Gasteiger partial charge in [0, 0.05) is 19.0 Å². The molecule has 1 aliphatic rings. The molecule has 2 rings (SSSR count). The maximum atomic E-state index is 5.79. The van der Waals surface area contributed by atoms with E-state index in [0.717, 1.165) is 37.1 Å². The van der Waals surface area contributed by atoms with Crippen LogP contribution in [0, 0.1) is 5.92 Å². The number of para-hydroxylation sites is 1. The van der Waals surface area contributed by atoms with Crippen molar-refractivity contribution < 1.29 is 4.74 Å². The summed E-state index contributed by atoms with van der Waals surface area (Å²) in [6, 6.07) is 10.0. The molecular weight excluding hydrogens is 246 g/mol. The van der Waals surface area contributed by atoms with Crippen molar-refractivity contribution in [3.63, 3.8) is 0 Å². The van der Waals surface area contributed by atoms with Crippen LogP contribution >= 0.6 is 11.6 Å². The van der Waals surface area contributed by atoms with Gasteiger partial charge in [-0.25, -0.2) is 0 Å². The van der Waals surface area contributed by atoms with Crippen molar-refractivity contribution in [2.24, 2.45) is 5.92 Å². The van der Waals surface area contributed by atoms with E-state index in [0.29, 0.717) is 0 Å². The Kier molecular flexibility index (Phi) is 5.82. The van der Waals surface area contributed by atoms with Crippen molar-refractivity contribution >= 4 is 11.6 Å². The van der Waals surface area contributed by atoms with E-state index in [9.17, 15) is 0 Å². The average molecular weight is 268 g/mol. The fraction of sp³-hybridized carbons (Fsp3) is 0.600. The largest absolute Gasteiger partial charge is 0.494 e. The van der Waals surface area contributed by atoms with Crippen molar-refractivity contribution in [1.82, 2.24) is 4.90 Å². The third-order valence-electron chi connectivity index (χ3n) is 3.52. The zero-order chi connectivity index (χ0) is 12.6. The van der Waals surface area contributed by atoms with Crippen LogP contribution in [0.5, 0.6) is 5.75 Å². The summed E-state index contributed by atoms with van der Waals surface area (Å²) >= 11 is 5.79. The Morgan fingerprint density at radius 2 is 2.11 bits per heavy atom. The number of hydrogen-bond donors (Lipinski definition) is 0. The van der Waals surface area contributed by atoms with Crippen molar-refractivity contribution in [3.05, 3.63) is 30.3 Å². The maximum absolute atomic E-state index is 5.79. The number of halogens is 1. The van der Waals surface area contributed by atoms with Gasteiger partial charge in [0.05, 0.1) is 6.61 Å². The molecule has 1 fully saturated rings. The zero-order valence-electron chi connectivity index (χ0n) is 10.9. The summed E-state index contributed by atoms with van der Waals surface area (Å²) in [5, 5.41) is 0. The molecule has 0 bridgehead atoms. The highest BCUT2D eigenvalue weighted by Crippen LogP contribution is 2.20. The molecular formula is C15H22ClNO. The third-order valence-corrected chi connectivity index (χ3v) is 3.74. The fourth-order valence-corrected chi connectivity index (χ4v) is 2.81. The van der Waals surface area contributed by atoms with Crippen LogP contribution in [-0.2, 0) is 0 Å². The Hall–Kier alpha value is -0.730. The van der Waals surface area contributed by atoms with Crippen LogP contribution in [0.25, 0.3) is 0 Å². The van der Waals surface area contributed by atoms with Gasteiger partial charge in [-0.1, -0.05) is 18.2 Å².